The lowest BCUT2D eigenvalue weighted by Gasteiger charge is -2.30. The molecule has 0 saturated heterocycles. The summed E-state index contributed by atoms with van der Waals surface area (Å²) in [5.74, 6) is -0.0461. The van der Waals surface area contributed by atoms with Gasteiger partial charge in [-0.1, -0.05) is 41.9 Å². The summed E-state index contributed by atoms with van der Waals surface area (Å²) in [7, 11) is 0. The normalized spacial score (nSPS) is 15.3. The molecule has 0 bridgehead atoms. The molecule has 0 N–H and O–H groups in total. The average molecular weight is 413 g/mol. The highest BCUT2D eigenvalue weighted by Crippen LogP contribution is 2.36. The second kappa shape index (κ2) is 7.99. The maximum atomic E-state index is 13.0. The van der Waals surface area contributed by atoms with Crippen molar-refractivity contribution in [2.75, 3.05) is 0 Å². The molecule has 4 nitrogen and oxygen atoms in total. The third-order valence-electron chi connectivity index (χ3n) is 4.99. The summed E-state index contributed by atoms with van der Waals surface area (Å²) in [6.45, 7) is 1.77. The third kappa shape index (κ3) is 4.76. The summed E-state index contributed by atoms with van der Waals surface area (Å²) in [6.07, 6.45) is -1.99. The van der Waals surface area contributed by atoms with Crippen LogP contribution in [0.4, 0.5) is 13.2 Å². The molecular weight excluding hydrogens is 393 g/mol. The van der Waals surface area contributed by atoms with Crippen LogP contribution in [0.3, 0.4) is 0 Å². The van der Waals surface area contributed by atoms with Gasteiger partial charge in [-0.05, 0) is 37.3 Å². The van der Waals surface area contributed by atoms with Crippen LogP contribution < -0.4 is 5.56 Å². The third-order valence-corrected chi connectivity index (χ3v) is 5.26. The minimum Gasteiger partial charge on any atom is -0.334 e. The maximum absolute atomic E-state index is 13.0. The number of pyridine rings is 1. The number of alkyl halides is 3. The number of halogens is 4. The molecule has 1 aliphatic rings. The highest BCUT2D eigenvalue weighted by molar-refractivity contribution is 6.30. The van der Waals surface area contributed by atoms with Crippen molar-refractivity contribution in [3.8, 4) is 0 Å². The van der Waals surface area contributed by atoms with E-state index in [1.165, 1.54) is 0 Å². The summed E-state index contributed by atoms with van der Waals surface area (Å²) in [5.41, 5.74) is -0.964. The molecule has 1 amide bonds. The van der Waals surface area contributed by atoms with Gasteiger partial charge >= 0.3 is 6.18 Å². The summed E-state index contributed by atoms with van der Waals surface area (Å²) >= 11 is 5.68. The molecule has 1 atom stereocenters. The Morgan fingerprint density at radius 2 is 1.93 bits per heavy atom. The molecule has 1 aliphatic carbocycles. The standard InChI is InChI=1S/C20H20ClF3N2O2/c1-13(15-7-8-15)26(10-14-5-3-2-4-6-14)18(27)12-25-11-16(20(22,23)24)9-17(21)19(25)28/h2-6,9,11,13,15H,7-8,10,12H2,1H3. The van der Waals surface area contributed by atoms with E-state index in [2.05, 4.69) is 0 Å². The Labute approximate surface area is 165 Å². The summed E-state index contributed by atoms with van der Waals surface area (Å²) < 4.78 is 39.8. The van der Waals surface area contributed by atoms with Gasteiger partial charge in [0, 0.05) is 18.8 Å². The number of carbonyl (C=O) groups excluding carboxylic acids is 1. The number of carbonyl (C=O) groups is 1. The van der Waals surface area contributed by atoms with Gasteiger partial charge in [0.15, 0.2) is 0 Å². The SMILES string of the molecule is CC(C1CC1)N(Cc1ccccc1)C(=O)Cn1cc(C(F)(F)F)cc(Cl)c1=O. The predicted molar refractivity (Wildman–Crippen MR) is 99.9 cm³/mol. The maximum Gasteiger partial charge on any atom is 0.417 e. The lowest BCUT2D eigenvalue weighted by molar-refractivity contribution is -0.139. The molecule has 1 heterocycles. The molecule has 0 spiro atoms. The molecule has 1 fully saturated rings. The van der Waals surface area contributed by atoms with Gasteiger partial charge in [0.25, 0.3) is 5.56 Å². The minimum absolute atomic E-state index is 0.0651. The predicted octanol–water partition coefficient (Wildman–Crippen LogP) is 4.35. The van der Waals surface area contributed by atoms with Crippen LogP contribution in [0.5, 0.6) is 0 Å². The van der Waals surface area contributed by atoms with Crippen LogP contribution in [0, 0.1) is 5.92 Å². The van der Waals surface area contributed by atoms with Crippen molar-refractivity contribution in [1.82, 2.24) is 9.47 Å². The number of nitrogens with zero attached hydrogens (tertiary/aromatic N) is 2. The second-order valence-electron chi connectivity index (χ2n) is 7.09. The molecule has 1 aromatic heterocycles. The molecule has 0 radical (unpaired) electrons. The van der Waals surface area contributed by atoms with E-state index in [0.29, 0.717) is 24.7 Å². The molecule has 0 aliphatic heterocycles. The van der Waals surface area contributed by atoms with Crippen molar-refractivity contribution in [2.45, 2.75) is 45.1 Å². The van der Waals surface area contributed by atoms with Crippen molar-refractivity contribution in [3.63, 3.8) is 0 Å². The summed E-state index contributed by atoms with van der Waals surface area (Å²) in [6, 6.07) is 9.86. The van der Waals surface area contributed by atoms with E-state index >= 15 is 0 Å². The molecule has 1 unspecified atom stereocenters. The summed E-state index contributed by atoms with van der Waals surface area (Å²) in [4.78, 5) is 26.8. The second-order valence-corrected chi connectivity index (χ2v) is 7.50. The lowest BCUT2D eigenvalue weighted by Crippen LogP contribution is -2.42. The van der Waals surface area contributed by atoms with Gasteiger partial charge in [-0.2, -0.15) is 13.2 Å². The number of aromatic nitrogens is 1. The van der Waals surface area contributed by atoms with Crippen LogP contribution in [0.1, 0.15) is 30.9 Å². The zero-order valence-electron chi connectivity index (χ0n) is 15.2. The topological polar surface area (TPSA) is 42.3 Å². The monoisotopic (exact) mass is 412 g/mol. The Balaban J connectivity index is 1.87. The fourth-order valence-electron chi connectivity index (χ4n) is 3.18. The lowest BCUT2D eigenvalue weighted by atomic mass is 10.1. The van der Waals surface area contributed by atoms with E-state index in [1.807, 2.05) is 37.3 Å². The van der Waals surface area contributed by atoms with Crippen LogP contribution in [0.25, 0.3) is 0 Å². The molecule has 2 aromatic rings. The number of rotatable bonds is 6. The first kappa shape index (κ1) is 20.5. The van der Waals surface area contributed by atoms with Gasteiger partial charge in [-0.25, -0.2) is 0 Å². The van der Waals surface area contributed by atoms with Gasteiger partial charge < -0.3 is 9.47 Å². The van der Waals surface area contributed by atoms with Crippen LogP contribution in [0.2, 0.25) is 5.02 Å². The van der Waals surface area contributed by atoms with Crippen molar-refractivity contribution in [3.05, 3.63) is 69.1 Å². The Hall–Kier alpha value is -2.28. The highest BCUT2D eigenvalue weighted by Gasteiger charge is 2.35. The molecular formula is C20H20ClF3N2O2. The fourth-order valence-corrected chi connectivity index (χ4v) is 3.41. The zero-order chi connectivity index (χ0) is 20.5. The Kier molecular flexibility index (Phi) is 5.84. The number of benzene rings is 1. The van der Waals surface area contributed by atoms with Gasteiger partial charge in [-0.3, -0.25) is 9.59 Å². The van der Waals surface area contributed by atoms with Crippen molar-refractivity contribution >= 4 is 17.5 Å². The quantitative estimate of drug-likeness (QED) is 0.708. The number of amides is 1. The van der Waals surface area contributed by atoms with E-state index in [9.17, 15) is 22.8 Å². The first-order chi connectivity index (χ1) is 13.2. The van der Waals surface area contributed by atoms with E-state index in [0.717, 1.165) is 23.0 Å². The highest BCUT2D eigenvalue weighted by atomic mass is 35.5. The molecule has 3 rings (SSSR count). The van der Waals surface area contributed by atoms with Gasteiger partial charge in [0.2, 0.25) is 5.91 Å². The first-order valence-electron chi connectivity index (χ1n) is 8.97. The van der Waals surface area contributed by atoms with Crippen molar-refractivity contribution in [1.29, 1.82) is 0 Å². The van der Waals surface area contributed by atoms with Gasteiger partial charge in [0.05, 0.1) is 5.56 Å². The molecule has 28 heavy (non-hydrogen) atoms. The van der Waals surface area contributed by atoms with E-state index in [1.54, 1.807) is 4.90 Å². The van der Waals surface area contributed by atoms with E-state index in [-0.39, 0.29) is 6.04 Å². The molecule has 1 saturated carbocycles. The Bertz CT molecular complexity index is 908. The zero-order valence-corrected chi connectivity index (χ0v) is 16.0. The van der Waals surface area contributed by atoms with Crippen LogP contribution in [-0.2, 0) is 24.1 Å². The molecule has 1 aromatic carbocycles. The van der Waals surface area contributed by atoms with Crippen LogP contribution in [-0.4, -0.2) is 21.4 Å². The fraction of sp³-hybridized carbons (Fsp3) is 0.400. The molecule has 8 heteroatoms. The van der Waals surface area contributed by atoms with Crippen molar-refractivity contribution in [2.24, 2.45) is 5.92 Å². The van der Waals surface area contributed by atoms with E-state index < -0.39 is 34.8 Å². The molecule has 150 valence electrons. The minimum atomic E-state index is -4.66. The first-order valence-corrected chi connectivity index (χ1v) is 9.35. The van der Waals surface area contributed by atoms with E-state index in [4.69, 9.17) is 11.6 Å². The Morgan fingerprint density at radius 3 is 2.50 bits per heavy atom. The smallest absolute Gasteiger partial charge is 0.334 e. The summed E-state index contributed by atoms with van der Waals surface area (Å²) in [5, 5.41) is -0.563. The van der Waals surface area contributed by atoms with Crippen molar-refractivity contribution < 1.29 is 18.0 Å². The largest absolute Gasteiger partial charge is 0.417 e. The van der Waals surface area contributed by atoms with Gasteiger partial charge in [0.1, 0.15) is 11.6 Å². The number of hydrogen-bond acceptors (Lipinski definition) is 2. The number of hydrogen-bond donors (Lipinski definition) is 0. The average Bonchev–Trinajstić information content (AvgIpc) is 3.48. The van der Waals surface area contributed by atoms with Crippen LogP contribution in [0.15, 0.2) is 47.4 Å². The Morgan fingerprint density at radius 1 is 1.29 bits per heavy atom. The van der Waals surface area contributed by atoms with Gasteiger partial charge in [-0.15, -0.1) is 0 Å². The van der Waals surface area contributed by atoms with Crippen LogP contribution >= 0.6 is 11.6 Å².